The number of esters is 1. The topological polar surface area (TPSA) is 72.8 Å². The molecule has 0 aliphatic rings. The molecule has 0 aromatic heterocycles. The number of unbranched alkanes of at least 4 members (excludes halogenated alkanes) is 11. The highest BCUT2D eigenvalue weighted by Crippen LogP contribution is 2.16. The van der Waals surface area contributed by atoms with E-state index in [9.17, 15) is 9.59 Å². The number of carboxylic acids is 1. The molecule has 0 spiro atoms. The van der Waals surface area contributed by atoms with E-state index in [1.165, 1.54) is 64.2 Å². The van der Waals surface area contributed by atoms with Gasteiger partial charge in [0.25, 0.3) is 0 Å². The van der Waals surface area contributed by atoms with E-state index < -0.39 is 11.9 Å². The van der Waals surface area contributed by atoms with Gasteiger partial charge in [-0.15, -0.1) is 0 Å². The average molecular weight is 449 g/mol. The Morgan fingerprint density at radius 1 is 0.812 bits per heavy atom. The van der Waals surface area contributed by atoms with E-state index in [0.717, 1.165) is 24.8 Å². The number of benzene rings is 1. The summed E-state index contributed by atoms with van der Waals surface area (Å²) in [7, 11) is 0. The van der Waals surface area contributed by atoms with Crippen LogP contribution >= 0.6 is 0 Å². The molecule has 0 heterocycles. The first-order valence-corrected chi connectivity index (χ1v) is 12.6. The molecule has 5 heteroatoms. The summed E-state index contributed by atoms with van der Waals surface area (Å²) >= 11 is 0. The zero-order chi connectivity index (χ0) is 23.3. The third-order valence-corrected chi connectivity index (χ3v) is 5.69. The highest BCUT2D eigenvalue weighted by Gasteiger charge is 2.16. The quantitative estimate of drug-likeness (QED) is 0.161. The predicted octanol–water partition coefficient (Wildman–Crippen LogP) is 7.07. The first kappa shape index (κ1) is 28.2. The van der Waals surface area contributed by atoms with Gasteiger partial charge in [-0.05, 0) is 24.8 Å². The Hall–Kier alpha value is -1.88. The van der Waals surface area contributed by atoms with Crippen molar-refractivity contribution in [3.8, 4) is 0 Å². The number of ether oxygens (including phenoxy) is 2. The first-order valence-electron chi connectivity index (χ1n) is 12.6. The molecule has 32 heavy (non-hydrogen) atoms. The highest BCUT2D eigenvalue weighted by atomic mass is 16.6. The number of carboxylic acid groups (broad SMARTS) is 1. The Balaban J connectivity index is 2.12. The first-order chi connectivity index (χ1) is 15.6. The lowest BCUT2D eigenvalue weighted by atomic mass is 10.0. The molecule has 1 aromatic rings. The van der Waals surface area contributed by atoms with Gasteiger partial charge in [0, 0.05) is 6.42 Å². The second kappa shape index (κ2) is 19.8. The molecule has 1 rings (SSSR count). The standard InChI is InChI=1S/C27H44O5/c1-2-3-4-5-6-7-8-9-10-11-12-16-19-25(20-21-26(28)29)32-27(30)23-31-22-24-17-14-13-15-18-24/h13-15,17-18,25H,2-12,16,19-23H2,1H3,(H,28,29). The smallest absolute Gasteiger partial charge is 0.332 e. The van der Waals surface area contributed by atoms with Crippen LogP contribution in [-0.4, -0.2) is 29.8 Å². The van der Waals surface area contributed by atoms with Crippen molar-refractivity contribution in [3.05, 3.63) is 35.9 Å². The predicted molar refractivity (Wildman–Crippen MR) is 129 cm³/mol. The van der Waals surface area contributed by atoms with Crippen molar-refractivity contribution in [2.45, 2.75) is 116 Å². The van der Waals surface area contributed by atoms with E-state index in [1.54, 1.807) is 0 Å². The summed E-state index contributed by atoms with van der Waals surface area (Å²) in [6.45, 7) is 2.49. The largest absolute Gasteiger partial charge is 0.481 e. The van der Waals surface area contributed by atoms with E-state index in [2.05, 4.69) is 6.92 Å². The van der Waals surface area contributed by atoms with E-state index in [-0.39, 0.29) is 19.1 Å². The zero-order valence-corrected chi connectivity index (χ0v) is 20.1. The lowest BCUT2D eigenvalue weighted by molar-refractivity contribution is -0.156. The Morgan fingerprint density at radius 3 is 1.94 bits per heavy atom. The fraction of sp³-hybridized carbons (Fsp3) is 0.704. The lowest BCUT2D eigenvalue weighted by Crippen LogP contribution is -2.22. The lowest BCUT2D eigenvalue weighted by Gasteiger charge is -2.17. The maximum absolute atomic E-state index is 12.1. The molecule has 0 aliphatic heterocycles. The van der Waals surface area contributed by atoms with Crippen LogP contribution in [-0.2, 0) is 25.7 Å². The molecule has 0 radical (unpaired) electrons. The normalized spacial score (nSPS) is 11.9. The maximum Gasteiger partial charge on any atom is 0.332 e. The Labute approximate surface area is 194 Å². The van der Waals surface area contributed by atoms with Crippen molar-refractivity contribution in [2.24, 2.45) is 0 Å². The number of carbonyl (C=O) groups excluding carboxylic acids is 1. The Morgan fingerprint density at radius 2 is 1.38 bits per heavy atom. The molecule has 0 bridgehead atoms. The number of hydrogen-bond donors (Lipinski definition) is 1. The number of rotatable bonds is 21. The van der Waals surface area contributed by atoms with Crippen molar-refractivity contribution >= 4 is 11.9 Å². The monoisotopic (exact) mass is 448 g/mol. The van der Waals surface area contributed by atoms with Gasteiger partial charge in [-0.3, -0.25) is 4.79 Å². The molecule has 1 unspecified atom stereocenters. The number of aliphatic carboxylic acids is 1. The molecule has 182 valence electrons. The summed E-state index contributed by atoms with van der Waals surface area (Å²) < 4.78 is 10.9. The van der Waals surface area contributed by atoms with Crippen molar-refractivity contribution in [1.82, 2.24) is 0 Å². The molecule has 1 aromatic carbocycles. The summed E-state index contributed by atoms with van der Waals surface area (Å²) in [5.74, 6) is -1.28. The van der Waals surface area contributed by atoms with Crippen LogP contribution in [0.25, 0.3) is 0 Å². The van der Waals surface area contributed by atoms with Crippen LogP contribution in [0.4, 0.5) is 0 Å². The fourth-order valence-electron chi connectivity index (χ4n) is 3.81. The van der Waals surface area contributed by atoms with Gasteiger partial charge < -0.3 is 14.6 Å². The van der Waals surface area contributed by atoms with Crippen molar-refractivity contribution in [3.63, 3.8) is 0 Å². The minimum Gasteiger partial charge on any atom is -0.481 e. The number of hydrogen-bond acceptors (Lipinski definition) is 4. The van der Waals surface area contributed by atoms with E-state index in [0.29, 0.717) is 13.0 Å². The van der Waals surface area contributed by atoms with Crippen LogP contribution in [0.3, 0.4) is 0 Å². The van der Waals surface area contributed by atoms with Crippen molar-refractivity contribution < 1.29 is 24.2 Å². The third-order valence-electron chi connectivity index (χ3n) is 5.69. The van der Waals surface area contributed by atoms with Crippen LogP contribution in [0.15, 0.2) is 30.3 Å². The van der Waals surface area contributed by atoms with Crippen LogP contribution in [0, 0.1) is 0 Å². The SMILES string of the molecule is CCCCCCCCCCCCCCC(CCC(=O)O)OC(=O)COCc1ccccc1. The van der Waals surface area contributed by atoms with Crippen LogP contribution < -0.4 is 0 Å². The van der Waals surface area contributed by atoms with Gasteiger partial charge in [0.15, 0.2) is 0 Å². The van der Waals surface area contributed by atoms with Gasteiger partial charge in [0.05, 0.1) is 6.61 Å². The molecule has 0 amide bonds. The van der Waals surface area contributed by atoms with Gasteiger partial charge in [-0.1, -0.05) is 108 Å². The minimum atomic E-state index is -0.860. The van der Waals surface area contributed by atoms with E-state index >= 15 is 0 Å². The summed E-state index contributed by atoms with van der Waals surface area (Å²) in [6, 6.07) is 9.66. The molecule has 5 nitrogen and oxygen atoms in total. The molecule has 0 fully saturated rings. The zero-order valence-electron chi connectivity index (χ0n) is 20.1. The van der Waals surface area contributed by atoms with Gasteiger partial charge in [0.1, 0.15) is 12.7 Å². The Bertz CT molecular complexity index is 587. The van der Waals surface area contributed by atoms with E-state index in [4.69, 9.17) is 14.6 Å². The van der Waals surface area contributed by atoms with Gasteiger partial charge in [-0.25, -0.2) is 4.79 Å². The number of carbonyl (C=O) groups is 2. The molecular formula is C27H44O5. The van der Waals surface area contributed by atoms with Gasteiger partial charge in [0.2, 0.25) is 0 Å². The summed E-state index contributed by atoms with van der Waals surface area (Å²) in [5.41, 5.74) is 0.999. The van der Waals surface area contributed by atoms with Gasteiger partial charge >= 0.3 is 11.9 Å². The Kier molecular flexibility index (Phi) is 17.4. The second-order valence-corrected chi connectivity index (χ2v) is 8.70. The molecule has 1 N–H and O–H groups in total. The van der Waals surface area contributed by atoms with Crippen LogP contribution in [0.5, 0.6) is 0 Å². The van der Waals surface area contributed by atoms with Crippen LogP contribution in [0.1, 0.15) is 109 Å². The second-order valence-electron chi connectivity index (χ2n) is 8.70. The van der Waals surface area contributed by atoms with Crippen LogP contribution in [0.2, 0.25) is 0 Å². The molecule has 0 saturated carbocycles. The van der Waals surface area contributed by atoms with Crippen molar-refractivity contribution in [2.75, 3.05) is 6.61 Å². The van der Waals surface area contributed by atoms with Gasteiger partial charge in [-0.2, -0.15) is 0 Å². The average Bonchev–Trinajstić information content (AvgIpc) is 2.78. The molecular weight excluding hydrogens is 404 g/mol. The maximum atomic E-state index is 12.1. The third kappa shape index (κ3) is 16.8. The minimum absolute atomic E-state index is 0.0150. The summed E-state index contributed by atoms with van der Waals surface area (Å²) in [5, 5.41) is 8.97. The fourth-order valence-corrected chi connectivity index (χ4v) is 3.81. The molecule has 0 saturated heterocycles. The molecule has 0 aliphatic carbocycles. The van der Waals surface area contributed by atoms with E-state index in [1.807, 2.05) is 30.3 Å². The molecule has 1 atom stereocenters. The summed E-state index contributed by atoms with van der Waals surface area (Å²) in [4.78, 5) is 23.0. The highest BCUT2D eigenvalue weighted by molar-refractivity contribution is 5.71. The van der Waals surface area contributed by atoms with Crippen molar-refractivity contribution in [1.29, 1.82) is 0 Å². The summed E-state index contributed by atoms with van der Waals surface area (Å²) in [6.07, 6.45) is 16.0.